The van der Waals surface area contributed by atoms with Crippen LogP contribution in [0.3, 0.4) is 0 Å². The Morgan fingerprint density at radius 3 is 3.05 bits per heavy atom. The quantitative estimate of drug-likeness (QED) is 0.941. The summed E-state index contributed by atoms with van der Waals surface area (Å²) in [5.74, 6) is 1.13. The van der Waals surface area contributed by atoms with E-state index in [1.54, 1.807) is 24.5 Å². The molecule has 21 heavy (non-hydrogen) atoms. The van der Waals surface area contributed by atoms with Gasteiger partial charge in [0.15, 0.2) is 0 Å². The Hall–Kier alpha value is -1.52. The van der Waals surface area contributed by atoms with E-state index in [-0.39, 0.29) is 18.3 Å². The second kappa shape index (κ2) is 7.48. The van der Waals surface area contributed by atoms with Gasteiger partial charge in [0.25, 0.3) is 5.91 Å². The van der Waals surface area contributed by atoms with Gasteiger partial charge in [-0.05, 0) is 47.9 Å². The highest BCUT2D eigenvalue weighted by Crippen LogP contribution is 2.30. The predicted molar refractivity (Wildman–Crippen MR) is 88.1 cm³/mol. The molecule has 0 fully saturated rings. The van der Waals surface area contributed by atoms with E-state index in [2.05, 4.69) is 28.5 Å². The van der Waals surface area contributed by atoms with Crippen LogP contribution in [0.25, 0.3) is 0 Å². The summed E-state index contributed by atoms with van der Waals surface area (Å²) in [5.41, 5.74) is 3.17. The lowest BCUT2D eigenvalue weighted by Crippen LogP contribution is -2.23. The van der Waals surface area contributed by atoms with E-state index in [0.717, 1.165) is 12.0 Å². The Balaban J connectivity index is 0.00000161. The number of hydrogen-bond donors (Lipinski definition) is 1. The van der Waals surface area contributed by atoms with E-state index in [4.69, 9.17) is 0 Å². The maximum Gasteiger partial charge on any atom is 0.253 e. The Kier molecular flexibility index (Phi) is 5.65. The topological polar surface area (TPSA) is 42.0 Å². The minimum absolute atomic E-state index is 0. The highest BCUT2D eigenvalue weighted by atomic mass is 35.5. The zero-order valence-electron chi connectivity index (χ0n) is 11.5. The molecule has 0 atom stereocenters. The van der Waals surface area contributed by atoms with Crippen molar-refractivity contribution in [1.29, 1.82) is 0 Å². The SMILES string of the molecule is Cl.O=C(NCc1ccc2c(c1)CCCS2)c1cccnc1. The molecular weight excluding hydrogens is 304 g/mol. The van der Waals surface area contributed by atoms with Gasteiger partial charge in [0.05, 0.1) is 5.56 Å². The number of thioether (sulfide) groups is 1. The molecule has 1 N–H and O–H groups in total. The molecule has 0 saturated carbocycles. The Bertz CT molecular complexity index is 619. The van der Waals surface area contributed by atoms with Gasteiger partial charge in [0.2, 0.25) is 0 Å². The summed E-state index contributed by atoms with van der Waals surface area (Å²) in [7, 11) is 0. The molecule has 0 bridgehead atoms. The number of aromatic nitrogens is 1. The van der Waals surface area contributed by atoms with Crippen molar-refractivity contribution in [2.24, 2.45) is 0 Å². The second-order valence-electron chi connectivity index (χ2n) is 4.82. The molecule has 110 valence electrons. The number of hydrogen-bond acceptors (Lipinski definition) is 3. The molecule has 1 aliphatic heterocycles. The number of halogens is 1. The highest BCUT2D eigenvalue weighted by molar-refractivity contribution is 7.99. The van der Waals surface area contributed by atoms with E-state index in [0.29, 0.717) is 12.1 Å². The molecule has 2 heterocycles. The van der Waals surface area contributed by atoms with Crippen molar-refractivity contribution in [3.63, 3.8) is 0 Å². The lowest BCUT2D eigenvalue weighted by Gasteiger charge is -2.16. The van der Waals surface area contributed by atoms with Crippen LogP contribution in [-0.4, -0.2) is 16.6 Å². The van der Waals surface area contributed by atoms with Crippen molar-refractivity contribution in [3.8, 4) is 0 Å². The minimum Gasteiger partial charge on any atom is -0.348 e. The number of nitrogens with one attached hydrogen (secondary N) is 1. The molecule has 3 rings (SSSR count). The molecule has 1 aromatic heterocycles. The van der Waals surface area contributed by atoms with Crippen molar-refractivity contribution in [2.45, 2.75) is 24.3 Å². The Labute approximate surface area is 135 Å². The van der Waals surface area contributed by atoms with E-state index in [9.17, 15) is 4.79 Å². The van der Waals surface area contributed by atoms with Gasteiger partial charge < -0.3 is 5.32 Å². The number of amides is 1. The summed E-state index contributed by atoms with van der Waals surface area (Å²) < 4.78 is 0. The van der Waals surface area contributed by atoms with Gasteiger partial charge in [-0.2, -0.15) is 0 Å². The molecule has 1 aromatic carbocycles. The van der Waals surface area contributed by atoms with Crippen LogP contribution in [0.15, 0.2) is 47.6 Å². The first kappa shape index (κ1) is 15.9. The van der Waals surface area contributed by atoms with Crippen LogP contribution in [0.5, 0.6) is 0 Å². The number of aryl methyl sites for hydroxylation is 1. The molecule has 1 aliphatic rings. The standard InChI is InChI=1S/C16H16N2OS.ClH/c19-16(14-3-1-7-17-11-14)18-10-12-5-6-15-13(9-12)4-2-8-20-15;/h1,3,5-7,9,11H,2,4,8,10H2,(H,18,19);1H. The molecule has 0 unspecified atom stereocenters. The number of carbonyl (C=O) groups excluding carboxylic acids is 1. The maximum atomic E-state index is 12.0. The fourth-order valence-electron chi connectivity index (χ4n) is 2.31. The van der Waals surface area contributed by atoms with E-state index in [1.165, 1.54) is 22.6 Å². The smallest absolute Gasteiger partial charge is 0.253 e. The molecule has 1 amide bonds. The first-order chi connectivity index (χ1) is 9.83. The number of pyridine rings is 1. The largest absolute Gasteiger partial charge is 0.348 e. The minimum atomic E-state index is -0.0785. The maximum absolute atomic E-state index is 12.0. The van der Waals surface area contributed by atoms with Gasteiger partial charge in [0.1, 0.15) is 0 Å². The molecule has 0 radical (unpaired) electrons. The van der Waals surface area contributed by atoms with Crippen LogP contribution < -0.4 is 5.32 Å². The first-order valence-corrected chi connectivity index (χ1v) is 7.74. The average Bonchev–Trinajstić information content (AvgIpc) is 2.53. The van der Waals surface area contributed by atoms with Crippen LogP contribution in [0.1, 0.15) is 27.9 Å². The van der Waals surface area contributed by atoms with Crippen LogP contribution in [-0.2, 0) is 13.0 Å². The lowest BCUT2D eigenvalue weighted by atomic mass is 10.1. The van der Waals surface area contributed by atoms with Gasteiger partial charge >= 0.3 is 0 Å². The third kappa shape index (κ3) is 3.99. The first-order valence-electron chi connectivity index (χ1n) is 6.76. The Morgan fingerprint density at radius 1 is 1.33 bits per heavy atom. The van der Waals surface area contributed by atoms with E-state index >= 15 is 0 Å². The molecule has 2 aromatic rings. The number of nitrogens with zero attached hydrogens (tertiary/aromatic N) is 1. The summed E-state index contributed by atoms with van der Waals surface area (Å²) in [6.45, 7) is 0.561. The fourth-order valence-corrected chi connectivity index (χ4v) is 3.32. The zero-order chi connectivity index (χ0) is 13.8. The van der Waals surface area contributed by atoms with Crippen molar-refractivity contribution in [2.75, 3.05) is 5.75 Å². The van der Waals surface area contributed by atoms with E-state index < -0.39 is 0 Å². The highest BCUT2D eigenvalue weighted by Gasteiger charge is 2.10. The molecule has 0 saturated heterocycles. The van der Waals surface area contributed by atoms with Crippen molar-refractivity contribution < 1.29 is 4.79 Å². The summed E-state index contributed by atoms with van der Waals surface area (Å²) in [5, 5.41) is 2.94. The molecule has 0 spiro atoms. The normalized spacial score (nSPS) is 13.0. The monoisotopic (exact) mass is 320 g/mol. The fraction of sp³-hybridized carbons (Fsp3) is 0.250. The number of carbonyl (C=O) groups is 1. The van der Waals surface area contributed by atoms with Crippen LogP contribution in [0.4, 0.5) is 0 Å². The Morgan fingerprint density at radius 2 is 2.24 bits per heavy atom. The third-order valence-electron chi connectivity index (χ3n) is 3.35. The van der Waals surface area contributed by atoms with Gasteiger partial charge in [-0.1, -0.05) is 12.1 Å². The number of benzene rings is 1. The summed E-state index contributed by atoms with van der Waals surface area (Å²) in [6, 6.07) is 10.0. The summed E-state index contributed by atoms with van der Waals surface area (Å²) in [6.07, 6.45) is 5.63. The lowest BCUT2D eigenvalue weighted by molar-refractivity contribution is 0.0950. The number of rotatable bonds is 3. The van der Waals surface area contributed by atoms with Crippen molar-refractivity contribution in [1.82, 2.24) is 10.3 Å². The van der Waals surface area contributed by atoms with Crippen LogP contribution in [0.2, 0.25) is 0 Å². The third-order valence-corrected chi connectivity index (χ3v) is 4.55. The van der Waals surface area contributed by atoms with Gasteiger partial charge in [-0.3, -0.25) is 9.78 Å². The molecule has 3 nitrogen and oxygen atoms in total. The van der Waals surface area contributed by atoms with Crippen LogP contribution >= 0.6 is 24.2 Å². The predicted octanol–water partition coefficient (Wildman–Crippen LogP) is 3.47. The second-order valence-corrected chi connectivity index (χ2v) is 5.96. The molecule has 5 heteroatoms. The summed E-state index contributed by atoms with van der Waals surface area (Å²) >= 11 is 1.92. The van der Waals surface area contributed by atoms with Gasteiger partial charge in [-0.15, -0.1) is 24.2 Å². The number of fused-ring (bicyclic) bond motifs is 1. The zero-order valence-corrected chi connectivity index (χ0v) is 13.2. The average molecular weight is 321 g/mol. The van der Waals surface area contributed by atoms with E-state index in [1.807, 2.05) is 11.8 Å². The van der Waals surface area contributed by atoms with Gasteiger partial charge in [-0.25, -0.2) is 0 Å². The van der Waals surface area contributed by atoms with Crippen molar-refractivity contribution in [3.05, 3.63) is 59.4 Å². The molecular formula is C16H17ClN2OS. The van der Waals surface area contributed by atoms with Crippen molar-refractivity contribution >= 4 is 30.1 Å². The van der Waals surface area contributed by atoms with Gasteiger partial charge in [0, 0.05) is 23.8 Å². The van der Waals surface area contributed by atoms with Crippen LogP contribution in [0, 0.1) is 0 Å². The molecule has 0 aliphatic carbocycles. The summed E-state index contributed by atoms with van der Waals surface area (Å²) in [4.78, 5) is 17.3.